The van der Waals surface area contributed by atoms with E-state index in [1.807, 2.05) is 6.07 Å². The van der Waals surface area contributed by atoms with Crippen molar-refractivity contribution in [1.29, 1.82) is 0 Å². The lowest BCUT2D eigenvalue weighted by molar-refractivity contribution is -0.120. The highest BCUT2D eigenvalue weighted by Crippen LogP contribution is 2.40. The number of hydrogen-bond donors (Lipinski definition) is 0. The summed E-state index contributed by atoms with van der Waals surface area (Å²) in [6, 6.07) is 17.2. The van der Waals surface area contributed by atoms with E-state index in [1.165, 1.54) is 68.1 Å². The smallest absolute Gasteiger partial charge is 0.133 e. The normalized spacial score (nSPS) is 16.7. The number of unbranched alkanes of at least 4 members (excludes halogenated alkanes) is 6. The first-order chi connectivity index (χ1) is 16.0. The molecule has 0 heterocycles. The average Bonchev–Trinajstić information content (AvgIpc) is 2.82. The second-order valence-electron chi connectivity index (χ2n) is 10.6. The first-order valence-corrected chi connectivity index (χ1v) is 13.3. The van der Waals surface area contributed by atoms with Gasteiger partial charge in [0.15, 0.2) is 0 Å². The monoisotopic (exact) mass is 448 g/mol. The highest BCUT2D eigenvalue weighted by molar-refractivity contribution is 5.80. The molecule has 1 aliphatic carbocycles. The van der Waals surface area contributed by atoms with Crippen LogP contribution in [-0.2, 0) is 16.8 Å². The Kier molecular flexibility index (Phi) is 10.0. The molecule has 1 fully saturated rings. The number of Topliss-reactive ketones (excluding diaryl/α,β-unsaturated/α-hetero) is 1. The van der Waals surface area contributed by atoms with Gasteiger partial charge in [0.05, 0.1) is 0 Å². The molecule has 1 unspecified atom stereocenters. The van der Waals surface area contributed by atoms with E-state index in [0.29, 0.717) is 18.8 Å². The zero-order chi connectivity index (χ0) is 23.5. The van der Waals surface area contributed by atoms with Crippen molar-refractivity contribution in [2.24, 2.45) is 0 Å². The Labute approximate surface area is 202 Å². The number of benzene rings is 2. The molecule has 1 saturated carbocycles. The Balaban J connectivity index is 1.70. The lowest BCUT2D eigenvalue weighted by Gasteiger charge is -2.29. The SMILES string of the molecule is CCCCCCCCCC(C)(C)c1ccc(C2CCCC(=O)C2)c(OCc2ccccc2)c1. The predicted molar refractivity (Wildman–Crippen MR) is 139 cm³/mol. The highest BCUT2D eigenvalue weighted by atomic mass is 16.5. The quantitative estimate of drug-likeness (QED) is 0.286. The van der Waals surface area contributed by atoms with Crippen molar-refractivity contribution >= 4 is 5.78 Å². The summed E-state index contributed by atoms with van der Waals surface area (Å²) >= 11 is 0. The topological polar surface area (TPSA) is 26.3 Å². The zero-order valence-electron chi connectivity index (χ0n) is 21.2. The van der Waals surface area contributed by atoms with Gasteiger partial charge in [-0.25, -0.2) is 0 Å². The molecule has 0 amide bonds. The second-order valence-corrected chi connectivity index (χ2v) is 10.6. The fraction of sp³-hybridized carbons (Fsp3) is 0.581. The largest absolute Gasteiger partial charge is 0.489 e. The maximum absolute atomic E-state index is 12.2. The predicted octanol–water partition coefficient (Wildman–Crippen LogP) is 8.91. The van der Waals surface area contributed by atoms with Crippen LogP contribution < -0.4 is 4.74 Å². The fourth-order valence-corrected chi connectivity index (χ4v) is 5.11. The van der Waals surface area contributed by atoms with Gasteiger partial charge in [0, 0.05) is 12.8 Å². The van der Waals surface area contributed by atoms with Crippen LogP contribution in [0.25, 0.3) is 0 Å². The Morgan fingerprint density at radius 1 is 0.939 bits per heavy atom. The summed E-state index contributed by atoms with van der Waals surface area (Å²) < 4.78 is 6.42. The van der Waals surface area contributed by atoms with E-state index in [9.17, 15) is 4.79 Å². The highest BCUT2D eigenvalue weighted by Gasteiger charge is 2.26. The third kappa shape index (κ3) is 8.02. The van der Waals surface area contributed by atoms with Crippen LogP contribution in [0.3, 0.4) is 0 Å². The Morgan fingerprint density at radius 2 is 1.67 bits per heavy atom. The Hall–Kier alpha value is -2.09. The molecule has 0 radical (unpaired) electrons. The van der Waals surface area contributed by atoms with Gasteiger partial charge in [-0.3, -0.25) is 4.79 Å². The lowest BCUT2D eigenvalue weighted by atomic mass is 9.77. The summed E-state index contributed by atoms with van der Waals surface area (Å²) in [6.07, 6.45) is 14.1. The van der Waals surface area contributed by atoms with Crippen LogP contribution in [-0.4, -0.2) is 5.78 Å². The van der Waals surface area contributed by atoms with E-state index < -0.39 is 0 Å². The van der Waals surface area contributed by atoms with Gasteiger partial charge in [0.1, 0.15) is 18.1 Å². The molecule has 0 N–H and O–H groups in total. The van der Waals surface area contributed by atoms with E-state index >= 15 is 0 Å². The van der Waals surface area contributed by atoms with E-state index in [2.05, 4.69) is 63.2 Å². The molecule has 33 heavy (non-hydrogen) atoms. The molecule has 0 bridgehead atoms. The number of hydrogen-bond acceptors (Lipinski definition) is 2. The van der Waals surface area contributed by atoms with Crippen molar-refractivity contribution in [3.63, 3.8) is 0 Å². The maximum Gasteiger partial charge on any atom is 0.133 e. The number of rotatable bonds is 13. The van der Waals surface area contributed by atoms with Gasteiger partial charge < -0.3 is 4.74 Å². The molecule has 0 aromatic heterocycles. The first-order valence-electron chi connectivity index (χ1n) is 13.3. The summed E-state index contributed by atoms with van der Waals surface area (Å²) in [7, 11) is 0. The van der Waals surface area contributed by atoms with Gasteiger partial charge in [-0.1, -0.05) is 108 Å². The van der Waals surface area contributed by atoms with Gasteiger partial charge in [-0.15, -0.1) is 0 Å². The van der Waals surface area contributed by atoms with Gasteiger partial charge in [-0.2, -0.15) is 0 Å². The van der Waals surface area contributed by atoms with Crippen molar-refractivity contribution in [3.05, 3.63) is 65.2 Å². The summed E-state index contributed by atoms with van der Waals surface area (Å²) in [5.74, 6) is 1.66. The van der Waals surface area contributed by atoms with Crippen LogP contribution >= 0.6 is 0 Å². The molecule has 0 spiro atoms. The molecule has 1 aliphatic rings. The van der Waals surface area contributed by atoms with Gasteiger partial charge in [-0.05, 0) is 53.4 Å². The molecular weight excluding hydrogens is 404 g/mol. The van der Waals surface area contributed by atoms with Gasteiger partial charge in [0.2, 0.25) is 0 Å². The van der Waals surface area contributed by atoms with Crippen molar-refractivity contribution in [1.82, 2.24) is 0 Å². The van der Waals surface area contributed by atoms with Gasteiger partial charge >= 0.3 is 0 Å². The maximum atomic E-state index is 12.2. The molecule has 0 saturated heterocycles. The summed E-state index contributed by atoms with van der Waals surface area (Å²) in [4.78, 5) is 12.2. The third-order valence-corrected chi connectivity index (χ3v) is 7.36. The number of carbonyl (C=O) groups is 1. The van der Waals surface area contributed by atoms with Crippen molar-refractivity contribution < 1.29 is 9.53 Å². The molecule has 2 aromatic rings. The van der Waals surface area contributed by atoms with E-state index in [1.54, 1.807) is 0 Å². The third-order valence-electron chi connectivity index (χ3n) is 7.36. The average molecular weight is 449 g/mol. The molecule has 2 nitrogen and oxygen atoms in total. The standard InChI is InChI=1S/C31H44O2/c1-4-5-6-7-8-9-13-21-31(2,3)27-19-20-29(26-17-14-18-28(32)22-26)30(23-27)33-24-25-15-11-10-12-16-25/h10-12,15-16,19-20,23,26H,4-9,13-14,17-18,21-22,24H2,1-3H3. The van der Waals surface area contributed by atoms with Crippen LogP contribution in [0.2, 0.25) is 0 Å². The zero-order valence-corrected chi connectivity index (χ0v) is 21.2. The molecule has 1 atom stereocenters. The molecule has 0 aliphatic heterocycles. The van der Waals surface area contributed by atoms with Crippen LogP contribution in [0.4, 0.5) is 0 Å². The summed E-state index contributed by atoms with van der Waals surface area (Å²) in [6.45, 7) is 7.57. The summed E-state index contributed by atoms with van der Waals surface area (Å²) in [5.41, 5.74) is 3.86. The van der Waals surface area contributed by atoms with Crippen molar-refractivity contribution in [3.8, 4) is 5.75 Å². The molecule has 3 rings (SSSR count). The Morgan fingerprint density at radius 3 is 2.39 bits per heavy atom. The minimum Gasteiger partial charge on any atom is -0.489 e. The first kappa shape index (κ1) is 25.5. The molecule has 2 heteroatoms. The van der Waals surface area contributed by atoms with E-state index in [4.69, 9.17) is 4.74 Å². The lowest BCUT2D eigenvalue weighted by Crippen LogP contribution is -2.19. The fourth-order valence-electron chi connectivity index (χ4n) is 5.11. The van der Waals surface area contributed by atoms with Crippen LogP contribution in [0.1, 0.15) is 120 Å². The number of carbonyl (C=O) groups excluding carboxylic acids is 1. The Bertz CT molecular complexity index is 852. The number of ether oxygens (including phenoxy) is 1. The van der Waals surface area contributed by atoms with E-state index in [0.717, 1.165) is 25.0 Å². The number of ketones is 1. The second kappa shape index (κ2) is 13.0. The van der Waals surface area contributed by atoms with Crippen LogP contribution in [0, 0.1) is 0 Å². The minimum absolute atomic E-state index is 0.120. The van der Waals surface area contributed by atoms with Crippen molar-refractivity contribution in [2.75, 3.05) is 0 Å². The molecule has 180 valence electrons. The van der Waals surface area contributed by atoms with Gasteiger partial charge in [0.25, 0.3) is 0 Å². The minimum atomic E-state index is 0.120. The molecule has 2 aromatic carbocycles. The van der Waals surface area contributed by atoms with Crippen molar-refractivity contribution in [2.45, 2.75) is 116 Å². The van der Waals surface area contributed by atoms with E-state index in [-0.39, 0.29) is 11.3 Å². The van der Waals surface area contributed by atoms with Crippen LogP contribution in [0.15, 0.2) is 48.5 Å². The molecular formula is C31H44O2. The van der Waals surface area contributed by atoms with Crippen LogP contribution in [0.5, 0.6) is 5.75 Å². The summed E-state index contributed by atoms with van der Waals surface area (Å²) in [5, 5.41) is 0.